The highest BCUT2D eigenvalue weighted by atomic mass is 16.5. The number of phenolic OH excluding ortho intramolecular Hbond substituents is 1. The molecule has 2 aliphatic rings. The van der Waals surface area contributed by atoms with E-state index in [1.807, 2.05) is 0 Å². The Morgan fingerprint density at radius 1 is 1.27 bits per heavy atom. The third-order valence-electron chi connectivity index (χ3n) is 6.34. The highest BCUT2D eigenvalue weighted by Crippen LogP contribution is 2.53. The van der Waals surface area contributed by atoms with Crippen molar-refractivity contribution in [2.24, 2.45) is 17.6 Å². The molecule has 0 aromatic heterocycles. The van der Waals surface area contributed by atoms with Crippen molar-refractivity contribution in [1.29, 1.82) is 0 Å². The summed E-state index contributed by atoms with van der Waals surface area (Å²) in [7, 11) is 1.38. The monoisotopic (exact) mass is 462 g/mol. The zero-order valence-corrected chi connectivity index (χ0v) is 19.0. The molecule has 1 aromatic rings. The van der Waals surface area contributed by atoms with Crippen LogP contribution in [0.25, 0.3) is 0 Å². The van der Waals surface area contributed by atoms with E-state index in [4.69, 9.17) is 10.5 Å². The van der Waals surface area contributed by atoms with Crippen molar-refractivity contribution in [3.05, 3.63) is 23.8 Å². The number of carbonyl (C=O) groups excluding carboxylic acids is 3. The second-order valence-electron chi connectivity index (χ2n) is 9.38. The van der Waals surface area contributed by atoms with Gasteiger partial charge in [-0.25, -0.2) is 4.79 Å². The van der Waals surface area contributed by atoms with E-state index in [1.165, 1.54) is 13.2 Å². The molecule has 6 N–H and O–H groups in total. The average Bonchev–Trinajstić information content (AvgIpc) is 3.19. The average molecular weight is 463 g/mol. The Kier molecular flexibility index (Phi) is 6.29. The summed E-state index contributed by atoms with van der Waals surface area (Å²) >= 11 is 0. The first-order chi connectivity index (χ1) is 15.4. The van der Waals surface area contributed by atoms with E-state index in [-0.39, 0.29) is 36.4 Å². The predicted octanol–water partition coefficient (Wildman–Crippen LogP) is 0.717. The van der Waals surface area contributed by atoms with Gasteiger partial charge in [-0.3, -0.25) is 24.6 Å². The lowest BCUT2D eigenvalue weighted by Gasteiger charge is -2.35. The van der Waals surface area contributed by atoms with Crippen molar-refractivity contribution in [3.8, 4) is 11.5 Å². The second-order valence-corrected chi connectivity index (χ2v) is 9.38. The molecule has 4 amide bonds. The molecule has 4 atom stereocenters. The normalized spacial score (nSPS) is 26.9. The first kappa shape index (κ1) is 24.3. The van der Waals surface area contributed by atoms with Gasteiger partial charge >= 0.3 is 12.0 Å². The Bertz CT molecular complexity index is 989. The quantitative estimate of drug-likeness (QED) is 0.291. The summed E-state index contributed by atoms with van der Waals surface area (Å²) in [6, 6.07) is 3.02. The van der Waals surface area contributed by atoms with Crippen LogP contribution in [-0.2, 0) is 14.4 Å². The Balaban J connectivity index is 2.12. The zero-order chi connectivity index (χ0) is 24.7. The van der Waals surface area contributed by atoms with E-state index in [0.717, 1.165) is 4.90 Å². The summed E-state index contributed by atoms with van der Waals surface area (Å²) in [5.74, 6) is -4.70. The minimum Gasteiger partial charge on any atom is -0.504 e. The second kappa shape index (κ2) is 8.54. The van der Waals surface area contributed by atoms with Crippen LogP contribution >= 0.6 is 0 Å². The number of carboxylic acids is 1. The lowest BCUT2D eigenvalue weighted by Crippen LogP contribution is -2.57. The fraction of sp³-hybridized carbons (Fsp3) is 0.545. The molecule has 3 rings (SSSR count). The van der Waals surface area contributed by atoms with Crippen molar-refractivity contribution in [1.82, 2.24) is 15.5 Å². The predicted molar refractivity (Wildman–Crippen MR) is 116 cm³/mol. The number of carbonyl (C=O) groups is 4. The van der Waals surface area contributed by atoms with Crippen molar-refractivity contribution in [3.63, 3.8) is 0 Å². The number of aliphatic carboxylic acids is 1. The number of phenols is 1. The first-order valence-corrected chi connectivity index (χ1v) is 10.6. The van der Waals surface area contributed by atoms with Crippen molar-refractivity contribution in [2.45, 2.75) is 50.7 Å². The number of ether oxygens (including phenoxy) is 1. The molecule has 0 spiro atoms. The van der Waals surface area contributed by atoms with Crippen LogP contribution < -0.4 is 21.1 Å². The summed E-state index contributed by atoms with van der Waals surface area (Å²) in [5, 5.41) is 26.5. The number of carboxylic acid groups (broad SMARTS) is 1. The number of benzene rings is 1. The number of hydrogen-bond acceptors (Lipinski definition) is 7. The Labute approximate surface area is 191 Å². The van der Waals surface area contributed by atoms with Gasteiger partial charge in [0.05, 0.1) is 18.9 Å². The van der Waals surface area contributed by atoms with Crippen LogP contribution in [-0.4, -0.2) is 63.7 Å². The van der Waals surface area contributed by atoms with Gasteiger partial charge in [-0.05, 0) is 39.7 Å². The van der Waals surface area contributed by atoms with Gasteiger partial charge in [0.15, 0.2) is 11.5 Å². The van der Waals surface area contributed by atoms with Gasteiger partial charge in [-0.2, -0.15) is 0 Å². The van der Waals surface area contributed by atoms with Crippen molar-refractivity contribution >= 4 is 23.8 Å². The number of urea groups is 1. The van der Waals surface area contributed by atoms with E-state index in [9.17, 15) is 29.4 Å². The largest absolute Gasteiger partial charge is 0.504 e. The van der Waals surface area contributed by atoms with Crippen LogP contribution in [0, 0.1) is 11.8 Å². The smallest absolute Gasteiger partial charge is 0.324 e. The number of methoxy groups -OCH3 is 1. The van der Waals surface area contributed by atoms with Crippen molar-refractivity contribution < 1.29 is 34.1 Å². The number of likely N-dealkylation sites (tertiary alicyclic amines) is 1. The lowest BCUT2D eigenvalue weighted by atomic mass is 9.77. The highest BCUT2D eigenvalue weighted by Gasteiger charge is 2.69. The van der Waals surface area contributed by atoms with Crippen molar-refractivity contribution in [2.75, 3.05) is 13.7 Å². The van der Waals surface area contributed by atoms with Gasteiger partial charge in [0.25, 0.3) is 0 Å². The summed E-state index contributed by atoms with van der Waals surface area (Å²) in [5.41, 5.74) is 2.69. The minimum absolute atomic E-state index is 0.0536. The summed E-state index contributed by atoms with van der Waals surface area (Å²) in [6.07, 6.45) is 0.140. The molecule has 1 aromatic carbocycles. The van der Waals surface area contributed by atoms with Crippen LogP contribution in [0.4, 0.5) is 4.79 Å². The molecule has 33 heavy (non-hydrogen) atoms. The van der Waals surface area contributed by atoms with Gasteiger partial charge in [0.1, 0.15) is 5.54 Å². The molecular formula is C22H30N4O7. The number of hydrogen-bond donors (Lipinski definition) is 5. The maximum atomic E-state index is 13.5. The molecule has 2 fully saturated rings. The van der Waals surface area contributed by atoms with E-state index >= 15 is 0 Å². The molecule has 2 saturated heterocycles. The molecule has 2 heterocycles. The first-order valence-electron chi connectivity index (χ1n) is 10.6. The van der Waals surface area contributed by atoms with Crippen LogP contribution in [0.3, 0.4) is 0 Å². The number of rotatable bonds is 7. The fourth-order valence-corrected chi connectivity index (χ4v) is 5.00. The summed E-state index contributed by atoms with van der Waals surface area (Å²) < 4.78 is 5.17. The number of aromatic hydroxyl groups is 1. The standard InChI is InChI=1S/C22H30N4O7/c1-21(2,3)26-17(28)13-14(18(26)29)22(19(30)31,9-6-10-24-20(23)32)25-15(13)11-7-5-8-12(33-4)16(11)27/h5,7-8,13-15,25,27H,6,9-10H2,1-4H3,(H,30,31)(H3,23,24,32). The van der Waals surface area contributed by atoms with Crippen LogP contribution in [0.1, 0.15) is 45.2 Å². The number of nitrogens with two attached hydrogens (primary N) is 1. The van der Waals surface area contributed by atoms with Gasteiger partial charge in [-0.1, -0.05) is 12.1 Å². The number of nitrogens with one attached hydrogen (secondary N) is 2. The van der Waals surface area contributed by atoms with E-state index in [2.05, 4.69) is 10.6 Å². The van der Waals surface area contributed by atoms with Crippen LogP contribution in [0.5, 0.6) is 11.5 Å². The Hall–Kier alpha value is -3.34. The number of primary amides is 1. The number of amides is 4. The van der Waals surface area contributed by atoms with Gasteiger partial charge in [-0.15, -0.1) is 0 Å². The molecule has 180 valence electrons. The lowest BCUT2D eigenvalue weighted by molar-refractivity contribution is -0.154. The van der Waals surface area contributed by atoms with Gasteiger partial charge < -0.3 is 26.0 Å². The molecule has 0 aliphatic carbocycles. The molecule has 4 unspecified atom stereocenters. The molecule has 11 nitrogen and oxygen atoms in total. The number of para-hydroxylation sites is 1. The van der Waals surface area contributed by atoms with Gasteiger partial charge in [0.2, 0.25) is 11.8 Å². The maximum absolute atomic E-state index is 13.5. The molecule has 2 aliphatic heterocycles. The minimum atomic E-state index is -1.79. The van der Waals surface area contributed by atoms with Gasteiger partial charge in [0, 0.05) is 23.7 Å². The number of imide groups is 1. The number of nitrogens with zero attached hydrogens (tertiary/aromatic N) is 1. The fourth-order valence-electron chi connectivity index (χ4n) is 5.00. The summed E-state index contributed by atoms with van der Waals surface area (Å²) in [6.45, 7) is 5.21. The van der Waals surface area contributed by atoms with Crippen LogP contribution in [0.2, 0.25) is 0 Å². The number of fused-ring (bicyclic) bond motifs is 1. The third-order valence-corrected chi connectivity index (χ3v) is 6.34. The molecule has 0 bridgehead atoms. The SMILES string of the molecule is COc1cccc(C2NC(CCCNC(N)=O)(C(=O)O)C3C(=O)N(C(C)(C)C)C(=O)C23)c1O. The molecule has 0 saturated carbocycles. The molecule has 0 radical (unpaired) electrons. The van der Waals surface area contributed by atoms with E-state index in [0.29, 0.717) is 0 Å². The van der Waals surface area contributed by atoms with Crippen LogP contribution in [0.15, 0.2) is 18.2 Å². The molecular weight excluding hydrogens is 432 g/mol. The zero-order valence-electron chi connectivity index (χ0n) is 19.0. The Morgan fingerprint density at radius 2 is 1.94 bits per heavy atom. The topological polar surface area (TPSA) is 171 Å². The highest BCUT2D eigenvalue weighted by molar-refractivity contribution is 6.10. The summed E-state index contributed by atoms with van der Waals surface area (Å²) in [4.78, 5) is 51.8. The maximum Gasteiger partial charge on any atom is 0.324 e. The third kappa shape index (κ3) is 3.97. The van der Waals surface area contributed by atoms with E-state index in [1.54, 1.807) is 32.9 Å². The van der Waals surface area contributed by atoms with E-state index < -0.39 is 52.8 Å². The Morgan fingerprint density at radius 3 is 2.48 bits per heavy atom. The molecule has 11 heteroatoms.